The number of halogens is 1. The maximum absolute atomic E-state index is 13.6. The lowest BCUT2D eigenvalue weighted by Crippen LogP contribution is -2.50. The van der Waals surface area contributed by atoms with Crippen molar-refractivity contribution in [1.29, 1.82) is 0 Å². The van der Waals surface area contributed by atoms with Crippen molar-refractivity contribution in [1.82, 2.24) is 8.61 Å². The van der Waals surface area contributed by atoms with Gasteiger partial charge in [-0.15, -0.1) is 0 Å². The van der Waals surface area contributed by atoms with Gasteiger partial charge in [0.2, 0.25) is 20.0 Å². The Morgan fingerprint density at radius 2 is 1.84 bits per heavy atom. The number of aliphatic hydroxyl groups excluding tert-OH is 1. The summed E-state index contributed by atoms with van der Waals surface area (Å²) in [5.41, 5.74) is 0.570. The van der Waals surface area contributed by atoms with Crippen LogP contribution in [0.4, 0.5) is 4.39 Å². The molecule has 1 N–H and O–H groups in total. The number of hydrogen-bond acceptors (Lipinski definition) is 6. The average molecular weight is 567 g/mol. The first-order chi connectivity index (χ1) is 17.8. The van der Waals surface area contributed by atoms with E-state index in [0.29, 0.717) is 17.9 Å². The number of benzene rings is 2. The van der Waals surface area contributed by atoms with Crippen molar-refractivity contribution in [3.8, 4) is 17.6 Å². The summed E-state index contributed by atoms with van der Waals surface area (Å²) in [6, 6.07) is 8.44. The van der Waals surface area contributed by atoms with Crippen LogP contribution in [0.5, 0.6) is 5.75 Å². The van der Waals surface area contributed by atoms with Crippen LogP contribution in [0.2, 0.25) is 0 Å². The van der Waals surface area contributed by atoms with E-state index in [2.05, 4.69) is 11.8 Å². The highest BCUT2D eigenvalue weighted by Crippen LogP contribution is 2.34. The number of hydrogen-bond donors (Lipinski definition) is 1. The fourth-order valence-corrected chi connectivity index (χ4v) is 7.03. The molecule has 0 aromatic heterocycles. The molecule has 0 bridgehead atoms. The van der Waals surface area contributed by atoms with Crippen LogP contribution in [0, 0.1) is 29.5 Å². The zero-order chi connectivity index (χ0) is 28.3. The molecule has 1 aliphatic heterocycles. The number of likely N-dealkylation sites (N-methyl/N-ethyl adjacent to an activating group) is 1. The Morgan fingerprint density at radius 1 is 1.18 bits per heavy atom. The van der Waals surface area contributed by atoms with Gasteiger partial charge in [-0.2, -0.15) is 8.61 Å². The van der Waals surface area contributed by atoms with Crippen LogP contribution in [-0.4, -0.2) is 69.4 Å². The van der Waals surface area contributed by atoms with E-state index in [4.69, 9.17) is 4.74 Å². The maximum Gasteiger partial charge on any atom is 0.247 e. The van der Waals surface area contributed by atoms with Gasteiger partial charge in [-0.25, -0.2) is 21.2 Å². The van der Waals surface area contributed by atoms with Gasteiger partial charge in [-0.05, 0) is 55.3 Å². The van der Waals surface area contributed by atoms with E-state index in [9.17, 15) is 26.3 Å². The number of ether oxygens (including phenoxy) is 1. The summed E-state index contributed by atoms with van der Waals surface area (Å²) in [6.45, 7) is 7.00. The fourth-order valence-electron chi connectivity index (χ4n) is 4.02. The molecule has 3 rings (SSSR count). The molecule has 0 saturated carbocycles. The molecule has 2 aromatic rings. The summed E-state index contributed by atoms with van der Waals surface area (Å²) in [5, 5.41) is 9.80. The summed E-state index contributed by atoms with van der Waals surface area (Å²) in [4.78, 5) is -0.144. The normalized spacial score (nSPS) is 20.6. The van der Waals surface area contributed by atoms with E-state index >= 15 is 0 Å². The van der Waals surface area contributed by atoms with Gasteiger partial charge >= 0.3 is 0 Å². The molecule has 0 spiro atoms. The lowest BCUT2D eigenvalue weighted by molar-refractivity contribution is 0.0904. The molecular formula is C27H35FN2O6S2. The van der Waals surface area contributed by atoms with Gasteiger partial charge in [0.1, 0.15) is 22.6 Å². The zero-order valence-corrected chi connectivity index (χ0v) is 23.9. The predicted octanol–water partition coefficient (Wildman–Crippen LogP) is 3.31. The van der Waals surface area contributed by atoms with Crippen molar-refractivity contribution in [2.24, 2.45) is 11.8 Å². The smallest absolute Gasteiger partial charge is 0.247 e. The number of sulfonamides is 2. The lowest BCUT2D eigenvalue weighted by Gasteiger charge is -2.37. The first kappa shape index (κ1) is 30.1. The second-order valence-electron chi connectivity index (χ2n) is 10.0. The minimum Gasteiger partial charge on any atom is -0.487 e. The van der Waals surface area contributed by atoms with Crippen molar-refractivity contribution < 1.29 is 31.1 Å². The third-order valence-electron chi connectivity index (χ3n) is 6.37. The Hall–Kier alpha value is -2.49. The van der Waals surface area contributed by atoms with E-state index in [-0.39, 0.29) is 35.2 Å². The Kier molecular flexibility index (Phi) is 9.60. The number of nitrogens with zero attached hydrogens (tertiary/aromatic N) is 2. The van der Waals surface area contributed by atoms with E-state index in [1.165, 1.54) is 29.6 Å². The molecule has 11 heteroatoms. The van der Waals surface area contributed by atoms with Crippen LogP contribution in [0.3, 0.4) is 0 Å². The second-order valence-corrected chi connectivity index (χ2v) is 13.9. The highest BCUT2D eigenvalue weighted by Gasteiger charge is 2.39. The monoisotopic (exact) mass is 566 g/mol. The highest BCUT2D eigenvalue weighted by atomic mass is 32.2. The van der Waals surface area contributed by atoms with Crippen molar-refractivity contribution in [3.63, 3.8) is 0 Å². The van der Waals surface area contributed by atoms with Crippen molar-refractivity contribution in [2.45, 2.75) is 56.1 Å². The maximum atomic E-state index is 13.6. The van der Waals surface area contributed by atoms with Crippen molar-refractivity contribution in [3.05, 3.63) is 53.8 Å². The summed E-state index contributed by atoms with van der Waals surface area (Å²) < 4.78 is 75.5. The van der Waals surface area contributed by atoms with Crippen molar-refractivity contribution >= 4 is 20.0 Å². The Labute approximate surface area is 225 Å². The summed E-state index contributed by atoms with van der Waals surface area (Å²) in [6.07, 6.45) is -0.0688. The number of rotatable bonds is 7. The van der Waals surface area contributed by atoms with Crippen LogP contribution < -0.4 is 4.74 Å². The Morgan fingerprint density at radius 3 is 2.45 bits per heavy atom. The van der Waals surface area contributed by atoms with Crippen LogP contribution in [-0.2, 0) is 20.0 Å². The van der Waals surface area contributed by atoms with E-state index in [1.54, 1.807) is 26.0 Å². The molecular weight excluding hydrogens is 531 g/mol. The molecule has 208 valence electrons. The minimum atomic E-state index is -4.03. The van der Waals surface area contributed by atoms with Crippen molar-refractivity contribution in [2.75, 3.05) is 26.7 Å². The third-order valence-corrected chi connectivity index (χ3v) is 10.2. The highest BCUT2D eigenvalue weighted by molar-refractivity contribution is 7.89. The second kappa shape index (κ2) is 12.1. The quantitative estimate of drug-likeness (QED) is 0.516. The molecule has 0 radical (unpaired) electrons. The first-order valence-corrected chi connectivity index (χ1v) is 15.3. The van der Waals surface area contributed by atoms with E-state index < -0.39 is 43.9 Å². The molecule has 0 saturated heterocycles. The van der Waals surface area contributed by atoms with E-state index in [1.807, 2.05) is 13.8 Å². The fraction of sp³-hybridized carbons (Fsp3) is 0.481. The summed E-state index contributed by atoms with van der Waals surface area (Å²) in [5.74, 6) is 5.56. The average Bonchev–Trinajstić information content (AvgIpc) is 2.85. The summed E-state index contributed by atoms with van der Waals surface area (Å²) >= 11 is 0. The molecule has 0 fully saturated rings. The molecule has 0 amide bonds. The molecule has 0 unspecified atom stereocenters. The third kappa shape index (κ3) is 6.74. The molecule has 38 heavy (non-hydrogen) atoms. The van der Waals surface area contributed by atoms with Gasteiger partial charge in [0.25, 0.3) is 0 Å². The molecule has 1 aliphatic rings. The largest absolute Gasteiger partial charge is 0.487 e. The van der Waals surface area contributed by atoms with Gasteiger partial charge < -0.3 is 9.84 Å². The molecule has 2 aromatic carbocycles. The van der Waals surface area contributed by atoms with Gasteiger partial charge in [0.05, 0.1) is 18.0 Å². The van der Waals surface area contributed by atoms with Crippen LogP contribution >= 0.6 is 0 Å². The van der Waals surface area contributed by atoms with Crippen LogP contribution in [0.25, 0.3) is 0 Å². The van der Waals surface area contributed by atoms with Gasteiger partial charge in [-0.1, -0.05) is 32.6 Å². The Bertz CT molecular complexity index is 1400. The number of fused-ring (bicyclic) bond motifs is 1. The SMILES string of the molecule is CC(C)CC#Cc1ccc2c(c1)O[C@@H](CN(C)S(=O)(=O)c1ccc(F)cc1)[C@H](C)CN([C@@H](C)CO)S2(=O)=O. The minimum absolute atomic E-state index is 0.00848. The van der Waals surface area contributed by atoms with E-state index in [0.717, 1.165) is 16.4 Å². The van der Waals surface area contributed by atoms with Gasteiger partial charge in [-0.3, -0.25) is 0 Å². The molecule has 8 nitrogen and oxygen atoms in total. The summed E-state index contributed by atoms with van der Waals surface area (Å²) in [7, 11) is -6.61. The number of aliphatic hydroxyl groups is 1. The topological polar surface area (TPSA) is 104 Å². The van der Waals surface area contributed by atoms with Gasteiger partial charge in [0.15, 0.2) is 0 Å². The molecule has 3 atom stereocenters. The first-order valence-electron chi connectivity index (χ1n) is 12.4. The lowest BCUT2D eigenvalue weighted by atomic mass is 10.0. The van der Waals surface area contributed by atoms with Crippen LogP contribution in [0.1, 0.15) is 39.7 Å². The zero-order valence-electron chi connectivity index (χ0n) is 22.3. The van der Waals surface area contributed by atoms with Crippen LogP contribution in [0.15, 0.2) is 52.3 Å². The Balaban J connectivity index is 2.04. The standard InChI is InChI=1S/C27H35FN2O6S2/c1-19(2)7-6-8-22-9-14-27-25(15-22)36-26(20(3)16-30(21(4)18-31)38(27,34)35)17-29(5)37(32,33)24-12-10-23(28)11-13-24/h9-15,19-21,26,31H,7,16-18H2,1-5H3/t20-,21+,26+/m1/s1. The molecule has 1 heterocycles. The predicted molar refractivity (Wildman–Crippen MR) is 143 cm³/mol. The van der Waals surface area contributed by atoms with Gasteiger partial charge in [0, 0.05) is 37.5 Å². The molecule has 0 aliphatic carbocycles.